The van der Waals surface area contributed by atoms with E-state index in [9.17, 15) is 0 Å². The number of hydrogen-bond donors (Lipinski definition) is 0. The van der Waals surface area contributed by atoms with Crippen LogP contribution in [-0.4, -0.2) is 0 Å². The Kier molecular flexibility index (Phi) is 3.53. The van der Waals surface area contributed by atoms with Crippen LogP contribution in [0, 0.1) is 12.8 Å². The predicted octanol–water partition coefficient (Wildman–Crippen LogP) is 3.76. The fourth-order valence-corrected chi connectivity index (χ4v) is 1.74. The Morgan fingerprint density at radius 1 is 1.08 bits per heavy atom. The van der Waals surface area contributed by atoms with Crippen molar-refractivity contribution in [1.82, 2.24) is 0 Å². The van der Waals surface area contributed by atoms with Crippen molar-refractivity contribution in [1.29, 1.82) is 0 Å². The van der Waals surface area contributed by atoms with Gasteiger partial charge in [-0.2, -0.15) is 0 Å². The zero-order valence-electron chi connectivity index (χ0n) is 9.22. The molecule has 0 saturated heterocycles. The lowest BCUT2D eigenvalue weighted by atomic mass is 9.98. The molecule has 0 aromatic heterocycles. The fraction of sp³-hybridized carbons (Fsp3) is 0.538. The van der Waals surface area contributed by atoms with Gasteiger partial charge in [0.05, 0.1) is 0 Å². The highest BCUT2D eigenvalue weighted by molar-refractivity contribution is 5.29. The van der Waals surface area contributed by atoms with Gasteiger partial charge in [0, 0.05) is 0 Å². The van der Waals surface area contributed by atoms with Crippen molar-refractivity contribution in [3.63, 3.8) is 0 Å². The Balaban J connectivity index is 2.88. The van der Waals surface area contributed by atoms with Gasteiger partial charge in [0.25, 0.3) is 0 Å². The molecule has 0 saturated carbocycles. The van der Waals surface area contributed by atoms with Crippen LogP contribution in [0.2, 0.25) is 0 Å². The molecular weight excluding hydrogens is 156 g/mol. The molecule has 1 aromatic rings. The lowest BCUT2D eigenvalue weighted by Crippen LogP contribution is -1.96. The van der Waals surface area contributed by atoms with Gasteiger partial charge in [-0.1, -0.05) is 44.5 Å². The fourth-order valence-electron chi connectivity index (χ4n) is 1.74. The second-order valence-corrected chi connectivity index (χ2v) is 4.28. The topological polar surface area (TPSA) is 0 Å². The van der Waals surface area contributed by atoms with Gasteiger partial charge >= 0.3 is 0 Å². The Bertz CT molecular complexity index is 271. The first-order valence-corrected chi connectivity index (χ1v) is 5.21. The van der Waals surface area contributed by atoms with Crippen molar-refractivity contribution >= 4 is 0 Å². The van der Waals surface area contributed by atoms with Crippen LogP contribution in [0.4, 0.5) is 0 Å². The van der Waals surface area contributed by atoms with Gasteiger partial charge in [0.2, 0.25) is 0 Å². The predicted molar refractivity (Wildman–Crippen MR) is 59.1 cm³/mol. The summed E-state index contributed by atoms with van der Waals surface area (Å²) in [4.78, 5) is 0. The third-order valence-corrected chi connectivity index (χ3v) is 2.25. The normalized spacial score (nSPS) is 10.8. The van der Waals surface area contributed by atoms with E-state index in [1.54, 1.807) is 0 Å². The monoisotopic (exact) mass is 176 g/mol. The van der Waals surface area contributed by atoms with Gasteiger partial charge in [-0.05, 0) is 36.8 Å². The van der Waals surface area contributed by atoms with E-state index in [2.05, 4.69) is 45.9 Å². The molecule has 0 unspecified atom stereocenters. The van der Waals surface area contributed by atoms with Gasteiger partial charge in [-0.3, -0.25) is 0 Å². The van der Waals surface area contributed by atoms with E-state index in [4.69, 9.17) is 0 Å². The molecule has 72 valence electrons. The standard InChI is InChI=1S/C13H20/c1-5-12-7-11(4)8-13(9-12)6-10(2)3/h7-10H,5-6H2,1-4H3. The van der Waals surface area contributed by atoms with Gasteiger partial charge < -0.3 is 0 Å². The summed E-state index contributed by atoms with van der Waals surface area (Å²) >= 11 is 0. The Hall–Kier alpha value is -0.780. The third-order valence-electron chi connectivity index (χ3n) is 2.25. The number of aryl methyl sites for hydroxylation is 2. The Morgan fingerprint density at radius 3 is 2.23 bits per heavy atom. The molecule has 0 radical (unpaired) electrons. The van der Waals surface area contributed by atoms with E-state index in [1.165, 1.54) is 23.1 Å². The van der Waals surface area contributed by atoms with Gasteiger partial charge in [-0.25, -0.2) is 0 Å². The molecule has 0 bridgehead atoms. The van der Waals surface area contributed by atoms with Crippen LogP contribution in [0.3, 0.4) is 0 Å². The molecule has 0 fully saturated rings. The Labute approximate surface area is 82.0 Å². The molecule has 1 rings (SSSR count). The maximum Gasteiger partial charge on any atom is -0.0255 e. The van der Waals surface area contributed by atoms with Crippen LogP contribution in [0.1, 0.15) is 37.5 Å². The van der Waals surface area contributed by atoms with Crippen LogP contribution in [0.15, 0.2) is 18.2 Å². The van der Waals surface area contributed by atoms with E-state index < -0.39 is 0 Å². The van der Waals surface area contributed by atoms with Crippen LogP contribution >= 0.6 is 0 Å². The first-order valence-electron chi connectivity index (χ1n) is 5.21. The lowest BCUT2D eigenvalue weighted by Gasteiger charge is -2.08. The van der Waals surface area contributed by atoms with Crippen molar-refractivity contribution in [3.8, 4) is 0 Å². The highest BCUT2D eigenvalue weighted by Gasteiger charge is 2.00. The molecule has 0 aliphatic rings. The summed E-state index contributed by atoms with van der Waals surface area (Å²) in [5.41, 5.74) is 4.36. The van der Waals surface area contributed by atoms with E-state index in [1.807, 2.05) is 0 Å². The molecule has 1 aromatic carbocycles. The zero-order chi connectivity index (χ0) is 9.84. The number of rotatable bonds is 3. The Morgan fingerprint density at radius 2 is 1.69 bits per heavy atom. The molecule has 0 atom stereocenters. The molecule has 13 heavy (non-hydrogen) atoms. The average molecular weight is 176 g/mol. The van der Waals surface area contributed by atoms with E-state index in [0.29, 0.717) is 0 Å². The maximum atomic E-state index is 2.34. The van der Waals surface area contributed by atoms with Crippen LogP contribution in [0.25, 0.3) is 0 Å². The third kappa shape index (κ3) is 3.22. The van der Waals surface area contributed by atoms with E-state index >= 15 is 0 Å². The largest absolute Gasteiger partial charge is 0.0625 e. The summed E-state index contributed by atoms with van der Waals surface area (Å²) in [6.45, 7) is 8.94. The summed E-state index contributed by atoms with van der Waals surface area (Å²) in [6, 6.07) is 6.93. The second-order valence-electron chi connectivity index (χ2n) is 4.28. The van der Waals surface area contributed by atoms with Crippen molar-refractivity contribution in [2.45, 2.75) is 40.5 Å². The average Bonchev–Trinajstić information content (AvgIpc) is 2.01. The minimum absolute atomic E-state index is 0.756. The van der Waals surface area contributed by atoms with Gasteiger partial charge in [-0.15, -0.1) is 0 Å². The van der Waals surface area contributed by atoms with E-state index in [0.717, 1.165) is 12.3 Å². The van der Waals surface area contributed by atoms with Crippen LogP contribution in [-0.2, 0) is 12.8 Å². The van der Waals surface area contributed by atoms with E-state index in [-0.39, 0.29) is 0 Å². The molecule has 0 heterocycles. The van der Waals surface area contributed by atoms with Gasteiger partial charge in [0.1, 0.15) is 0 Å². The molecule has 0 amide bonds. The second kappa shape index (κ2) is 4.45. The first-order chi connectivity index (χ1) is 6.11. The molecule has 0 nitrogen and oxygen atoms in total. The van der Waals surface area contributed by atoms with Crippen molar-refractivity contribution in [2.24, 2.45) is 5.92 Å². The summed E-state index contributed by atoms with van der Waals surface area (Å²) in [5.74, 6) is 0.756. The minimum Gasteiger partial charge on any atom is -0.0625 e. The van der Waals surface area contributed by atoms with Crippen LogP contribution < -0.4 is 0 Å². The first kappa shape index (κ1) is 10.3. The summed E-state index contributed by atoms with van der Waals surface area (Å²) in [5, 5.41) is 0. The number of benzene rings is 1. The SMILES string of the molecule is CCc1cc(C)cc(CC(C)C)c1. The molecule has 0 heteroatoms. The summed E-state index contributed by atoms with van der Waals surface area (Å²) in [6.07, 6.45) is 2.35. The highest BCUT2D eigenvalue weighted by atomic mass is 14.1. The summed E-state index contributed by atoms with van der Waals surface area (Å²) in [7, 11) is 0. The van der Waals surface area contributed by atoms with Crippen molar-refractivity contribution in [3.05, 3.63) is 34.9 Å². The molecule has 0 spiro atoms. The minimum atomic E-state index is 0.756. The quantitative estimate of drug-likeness (QED) is 0.658. The molecule has 0 N–H and O–H groups in total. The highest BCUT2D eigenvalue weighted by Crippen LogP contribution is 2.14. The van der Waals surface area contributed by atoms with Gasteiger partial charge in [0.15, 0.2) is 0 Å². The van der Waals surface area contributed by atoms with Crippen molar-refractivity contribution < 1.29 is 0 Å². The molecule has 0 aliphatic carbocycles. The molecule has 0 aliphatic heterocycles. The van der Waals surface area contributed by atoms with Crippen molar-refractivity contribution in [2.75, 3.05) is 0 Å². The van der Waals surface area contributed by atoms with Crippen LogP contribution in [0.5, 0.6) is 0 Å². The number of hydrogen-bond acceptors (Lipinski definition) is 0. The summed E-state index contributed by atoms with van der Waals surface area (Å²) < 4.78 is 0. The molecular formula is C13H20. The smallest absolute Gasteiger partial charge is 0.0255 e. The zero-order valence-corrected chi connectivity index (χ0v) is 9.22. The lowest BCUT2D eigenvalue weighted by molar-refractivity contribution is 0.646. The maximum absolute atomic E-state index is 2.34.